The van der Waals surface area contributed by atoms with Crippen LogP contribution in [-0.4, -0.2) is 18.9 Å². The van der Waals surface area contributed by atoms with E-state index in [-0.39, 0.29) is 5.25 Å². The van der Waals surface area contributed by atoms with Crippen molar-refractivity contribution in [1.82, 2.24) is 0 Å². The summed E-state index contributed by atoms with van der Waals surface area (Å²) in [6, 6.07) is 3.24. The standard InChI is InChI=1S/C12H11Cl3O2S2/c1-6-5-19(16,17)7(2)12(6)18-11-4-9(14)8(13)3-10(11)15/h3-5,7,12H,1-2H3. The maximum Gasteiger partial charge on any atom is 0.175 e. The summed E-state index contributed by atoms with van der Waals surface area (Å²) in [6.45, 7) is 3.51. The first kappa shape index (κ1) is 15.5. The zero-order valence-corrected chi connectivity index (χ0v) is 14.1. The zero-order valence-electron chi connectivity index (χ0n) is 10.2. The van der Waals surface area contributed by atoms with Crippen LogP contribution in [0.1, 0.15) is 13.8 Å². The van der Waals surface area contributed by atoms with Gasteiger partial charge in [0.15, 0.2) is 9.84 Å². The molecule has 7 heteroatoms. The lowest BCUT2D eigenvalue weighted by Crippen LogP contribution is -2.21. The summed E-state index contributed by atoms with van der Waals surface area (Å²) in [6.07, 6.45) is 0. The summed E-state index contributed by atoms with van der Waals surface area (Å²) in [5, 5.41) is 1.98. The summed E-state index contributed by atoms with van der Waals surface area (Å²) in [4.78, 5) is 0.734. The van der Waals surface area contributed by atoms with E-state index in [9.17, 15) is 8.42 Å². The number of halogens is 3. The van der Waals surface area contributed by atoms with Gasteiger partial charge in [0, 0.05) is 15.6 Å². The molecule has 0 spiro atoms. The Kier molecular flexibility index (Phi) is 4.48. The number of rotatable bonds is 2. The number of sulfone groups is 1. The number of hydrogen-bond acceptors (Lipinski definition) is 3. The fourth-order valence-electron chi connectivity index (χ4n) is 1.90. The Morgan fingerprint density at radius 2 is 1.68 bits per heavy atom. The minimum Gasteiger partial charge on any atom is -0.224 e. The van der Waals surface area contributed by atoms with Crippen LogP contribution >= 0.6 is 46.6 Å². The fraction of sp³-hybridized carbons (Fsp3) is 0.333. The van der Waals surface area contributed by atoms with Crippen molar-refractivity contribution >= 4 is 56.4 Å². The second-order valence-electron chi connectivity index (χ2n) is 4.39. The maximum absolute atomic E-state index is 11.8. The minimum absolute atomic E-state index is 0.153. The van der Waals surface area contributed by atoms with Crippen LogP contribution in [0.15, 0.2) is 28.0 Å². The maximum atomic E-state index is 11.8. The second-order valence-corrected chi connectivity index (χ2v) is 8.95. The highest BCUT2D eigenvalue weighted by Gasteiger charge is 2.36. The van der Waals surface area contributed by atoms with E-state index in [0.717, 1.165) is 10.5 Å². The lowest BCUT2D eigenvalue weighted by molar-refractivity contribution is 0.596. The van der Waals surface area contributed by atoms with Gasteiger partial charge in [-0.1, -0.05) is 34.8 Å². The van der Waals surface area contributed by atoms with Crippen molar-refractivity contribution in [2.24, 2.45) is 0 Å². The third-order valence-corrected chi connectivity index (χ3v) is 7.93. The summed E-state index contributed by atoms with van der Waals surface area (Å²) in [5.41, 5.74) is 0.819. The molecule has 0 bridgehead atoms. The van der Waals surface area contributed by atoms with Gasteiger partial charge in [0.1, 0.15) is 0 Å². The molecule has 2 rings (SSSR count). The molecule has 0 radical (unpaired) electrons. The van der Waals surface area contributed by atoms with Crippen molar-refractivity contribution in [2.75, 3.05) is 0 Å². The van der Waals surface area contributed by atoms with Crippen molar-refractivity contribution in [3.63, 3.8) is 0 Å². The van der Waals surface area contributed by atoms with Crippen LogP contribution < -0.4 is 0 Å². The monoisotopic (exact) mass is 356 g/mol. The Bertz CT molecular complexity index is 653. The molecule has 2 nitrogen and oxygen atoms in total. The smallest absolute Gasteiger partial charge is 0.175 e. The van der Waals surface area contributed by atoms with E-state index < -0.39 is 15.1 Å². The van der Waals surface area contributed by atoms with Crippen LogP contribution in [0.5, 0.6) is 0 Å². The van der Waals surface area contributed by atoms with Crippen molar-refractivity contribution in [3.8, 4) is 0 Å². The molecule has 1 heterocycles. The van der Waals surface area contributed by atoms with Crippen molar-refractivity contribution < 1.29 is 8.42 Å². The molecule has 1 aromatic carbocycles. The first-order valence-electron chi connectivity index (χ1n) is 5.45. The summed E-state index contributed by atoms with van der Waals surface area (Å²) in [7, 11) is -3.16. The molecule has 0 fully saturated rings. The van der Waals surface area contributed by atoms with Crippen LogP contribution in [0.3, 0.4) is 0 Å². The first-order valence-corrected chi connectivity index (χ1v) is 9.08. The number of hydrogen-bond donors (Lipinski definition) is 0. The van der Waals surface area contributed by atoms with Gasteiger partial charge in [-0.05, 0) is 31.6 Å². The van der Waals surface area contributed by atoms with E-state index in [1.807, 2.05) is 6.92 Å². The highest BCUT2D eigenvalue weighted by molar-refractivity contribution is 8.03. The highest BCUT2D eigenvalue weighted by atomic mass is 35.5. The van der Waals surface area contributed by atoms with Crippen LogP contribution in [0.25, 0.3) is 0 Å². The van der Waals surface area contributed by atoms with Crippen LogP contribution in [0.2, 0.25) is 15.1 Å². The largest absolute Gasteiger partial charge is 0.224 e. The van der Waals surface area contributed by atoms with Gasteiger partial charge in [-0.3, -0.25) is 0 Å². The third-order valence-electron chi connectivity index (χ3n) is 2.97. The van der Waals surface area contributed by atoms with Gasteiger partial charge in [0.25, 0.3) is 0 Å². The molecule has 0 aliphatic carbocycles. The van der Waals surface area contributed by atoms with Crippen LogP contribution in [-0.2, 0) is 9.84 Å². The summed E-state index contributed by atoms with van der Waals surface area (Å²) < 4.78 is 23.6. The predicted molar refractivity (Wildman–Crippen MR) is 83.3 cm³/mol. The Labute approximate surface area is 132 Å². The molecule has 2 atom stereocenters. The van der Waals surface area contributed by atoms with Gasteiger partial charge in [-0.15, -0.1) is 11.8 Å². The van der Waals surface area contributed by atoms with Crippen molar-refractivity contribution in [2.45, 2.75) is 29.2 Å². The van der Waals surface area contributed by atoms with Crippen molar-refractivity contribution in [1.29, 1.82) is 0 Å². The SMILES string of the molecule is CC1=CS(=O)(=O)C(C)C1Sc1cc(Cl)c(Cl)cc1Cl. The van der Waals surface area contributed by atoms with E-state index in [2.05, 4.69) is 0 Å². The van der Waals surface area contributed by atoms with Gasteiger partial charge in [-0.2, -0.15) is 0 Å². The lowest BCUT2D eigenvalue weighted by Gasteiger charge is -2.17. The van der Waals surface area contributed by atoms with E-state index in [0.29, 0.717) is 15.1 Å². The number of benzene rings is 1. The molecular weight excluding hydrogens is 347 g/mol. The molecule has 1 aliphatic rings. The minimum atomic E-state index is -3.16. The Morgan fingerprint density at radius 3 is 2.21 bits per heavy atom. The highest BCUT2D eigenvalue weighted by Crippen LogP contribution is 2.42. The Balaban J connectivity index is 2.33. The van der Waals surface area contributed by atoms with E-state index >= 15 is 0 Å². The van der Waals surface area contributed by atoms with Gasteiger partial charge in [-0.25, -0.2) is 8.42 Å². The fourth-order valence-corrected chi connectivity index (χ4v) is 5.87. The molecule has 2 unspecified atom stereocenters. The van der Waals surface area contributed by atoms with Crippen LogP contribution in [0.4, 0.5) is 0 Å². The molecule has 0 saturated carbocycles. The topological polar surface area (TPSA) is 34.1 Å². The summed E-state index contributed by atoms with van der Waals surface area (Å²) >= 11 is 19.3. The van der Waals surface area contributed by atoms with Crippen LogP contribution in [0, 0.1) is 0 Å². The summed E-state index contributed by atoms with van der Waals surface area (Å²) in [5.74, 6) is 0. The lowest BCUT2D eigenvalue weighted by atomic mass is 10.2. The van der Waals surface area contributed by atoms with Gasteiger partial charge < -0.3 is 0 Å². The Morgan fingerprint density at radius 1 is 1.11 bits per heavy atom. The van der Waals surface area contributed by atoms with E-state index in [1.54, 1.807) is 19.1 Å². The average molecular weight is 358 g/mol. The van der Waals surface area contributed by atoms with E-state index in [4.69, 9.17) is 34.8 Å². The molecule has 0 N–H and O–H groups in total. The van der Waals surface area contributed by atoms with E-state index in [1.165, 1.54) is 17.2 Å². The predicted octanol–water partition coefficient (Wildman–Crippen LogP) is 4.83. The molecule has 0 aromatic heterocycles. The molecule has 1 aromatic rings. The Hall–Kier alpha value is 0.130. The van der Waals surface area contributed by atoms with Gasteiger partial charge >= 0.3 is 0 Å². The normalized spacial score (nSPS) is 25.4. The number of thioether (sulfide) groups is 1. The third kappa shape index (κ3) is 3.08. The molecule has 1 aliphatic heterocycles. The zero-order chi connectivity index (χ0) is 14.4. The van der Waals surface area contributed by atoms with Crippen molar-refractivity contribution in [3.05, 3.63) is 38.2 Å². The van der Waals surface area contributed by atoms with Gasteiger partial charge in [0.05, 0.1) is 20.3 Å². The second kappa shape index (κ2) is 5.49. The molecule has 0 amide bonds. The quantitative estimate of drug-likeness (QED) is 0.711. The molecule has 0 saturated heterocycles. The average Bonchev–Trinajstić information content (AvgIpc) is 2.48. The first-order chi connectivity index (χ1) is 8.72. The molecule has 104 valence electrons. The molecular formula is C12H11Cl3O2S2. The molecule has 19 heavy (non-hydrogen) atoms. The van der Waals surface area contributed by atoms with Gasteiger partial charge in [0.2, 0.25) is 0 Å².